The third-order valence-electron chi connectivity index (χ3n) is 3.81. The molecular formula is C22H30CuN2O4. The van der Waals surface area contributed by atoms with Crippen molar-refractivity contribution in [3.63, 3.8) is 0 Å². The molecule has 2 aliphatic carbocycles. The molecule has 6 nitrogen and oxygen atoms in total. The van der Waals surface area contributed by atoms with Crippen LogP contribution in [0.25, 0.3) is 0 Å². The summed E-state index contributed by atoms with van der Waals surface area (Å²) in [6.45, 7) is 2.02. The molecule has 0 atom stereocenters. The largest absolute Gasteiger partial charge is 0.396 e. The summed E-state index contributed by atoms with van der Waals surface area (Å²) >= 11 is 0. The SMILES string of the molecule is O=C1C=CC=CC1=CNCCCCO.O=C1C=CC=CC1=CNCCCCO.[Cu]. The van der Waals surface area contributed by atoms with E-state index < -0.39 is 0 Å². The molecule has 7 heteroatoms. The number of ketones is 2. The van der Waals surface area contributed by atoms with Crippen molar-refractivity contribution in [3.05, 3.63) is 72.2 Å². The molecule has 2 aliphatic rings. The van der Waals surface area contributed by atoms with Gasteiger partial charge in [0, 0.05) is 66.9 Å². The van der Waals surface area contributed by atoms with Crippen molar-refractivity contribution in [3.8, 4) is 0 Å². The molecule has 0 heterocycles. The summed E-state index contributed by atoms with van der Waals surface area (Å²) in [4.78, 5) is 22.5. The normalized spacial score (nSPS) is 17.2. The first-order valence-electron chi connectivity index (χ1n) is 9.56. The molecule has 0 amide bonds. The topological polar surface area (TPSA) is 98.7 Å². The fourth-order valence-electron chi connectivity index (χ4n) is 2.24. The van der Waals surface area contributed by atoms with Gasteiger partial charge in [0.25, 0.3) is 0 Å². The van der Waals surface area contributed by atoms with Crippen LogP contribution < -0.4 is 10.6 Å². The molecule has 1 radical (unpaired) electrons. The van der Waals surface area contributed by atoms with Crippen LogP contribution in [0.1, 0.15) is 25.7 Å². The van der Waals surface area contributed by atoms with E-state index in [2.05, 4.69) is 10.6 Å². The summed E-state index contributed by atoms with van der Waals surface area (Å²) in [6.07, 6.45) is 20.6. The molecule has 0 saturated carbocycles. The zero-order valence-electron chi connectivity index (χ0n) is 16.4. The van der Waals surface area contributed by atoms with Gasteiger partial charge in [-0.15, -0.1) is 0 Å². The molecule has 163 valence electrons. The zero-order valence-corrected chi connectivity index (χ0v) is 17.4. The maximum atomic E-state index is 11.2. The maximum Gasteiger partial charge on any atom is 0.187 e. The van der Waals surface area contributed by atoms with E-state index in [9.17, 15) is 9.59 Å². The summed E-state index contributed by atoms with van der Waals surface area (Å²) in [6, 6.07) is 0. The summed E-state index contributed by atoms with van der Waals surface area (Å²) in [5.41, 5.74) is 1.35. The monoisotopic (exact) mass is 449 g/mol. The van der Waals surface area contributed by atoms with E-state index in [0.717, 1.165) is 38.8 Å². The van der Waals surface area contributed by atoms with Crippen molar-refractivity contribution >= 4 is 11.6 Å². The van der Waals surface area contributed by atoms with Gasteiger partial charge in [0.1, 0.15) is 0 Å². The Bertz CT molecular complexity index is 618. The van der Waals surface area contributed by atoms with Gasteiger partial charge in [-0.25, -0.2) is 0 Å². The van der Waals surface area contributed by atoms with E-state index in [-0.39, 0.29) is 41.8 Å². The Hall–Kier alpha value is -2.18. The molecule has 0 unspecified atom stereocenters. The fourth-order valence-corrected chi connectivity index (χ4v) is 2.24. The van der Waals surface area contributed by atoms with E-state index in [1.807, 2.05) is 12.2 Å². The summed E-state index contributed by atoms with van der Waals surface area (Å²) in [5, 5.41) is 23.2. The standard InChI is InChI=1S/2C11H15NO2.Cu/c2*13-8-4-3-7-12-9-10-5-1-2-6-11(10)14;/h2*1-2,5-6,9,12-13H,3-4,7-8H2;. The van der Waals surface area contributed by atoms with E-state index in [0.29, 0.717) is 11.1 Å². The predicted octanol–water partition coefficient (Wildman–Crippen LogP) is 1.85. The minimum atomic E-state index is 0. The number of hydrogen-bond donors (Lipinski definition) is 4. The first kappa shape index (κ1) is 26.8. The molecule has 0 spiro atoms. The first-order valence-corrected chi connectivity index (χ1v) is 9.56. The summed E-state index contributed by atoms with van der Waals surface area (Å²) < 4.78 is 0. The number of allylic oxidation sites excluding steroid dienone is 10. The number of nitrogens with one attached hydrogen (secondary N) is 2. The molecule has 0 aromatic carbocycles. The van der Waals surface area contributed by atoms with Crippen LogP contribution in [0.5, 0.6) is 0 Å². The number of carbonyl (C=O) groups is 2. The van der Waals surface area contributed by atoms with Crippen LogP contribution in [0.15, 0.2) is 72.2 Å². The molecule has 0 aromatic rings. The second-order valence-electron chi connectivity index (χ2n) is 6.13. The second kappa shape index (κ2) is 17.9. The average molecular weight is 450 g/mol. The van der Waals surface area contributed by atoms with Crippen molar-refractivity contribution in [1.29, 1.82) is 0 Å². The smallest absolute Gasteiger partial charge is 0.187 e. The van der Waals surface area contributed by atoms with Crippen LogP contribution >= 0.6 is 0 Å². The number of hydrogen-bond acceptors (Lipinski definition) is 6. The zero-order chi connectivity index (χ0) is 20.5. The van der Waals surface area contributed by atoms with Gasteiger partial charge >= 0.3 is 0 Å². The van der Waals surface area contributed by atoms with Crippen LogP contribution in [-0.2, 0) is 26.7 Å². The quantitative estimate of drug-likeness (QED) is 0.231. The van der Waals surface area contributed by atoms with Crippen LogP contribution in [0.2, 0.25) is 0 Å². The average Bonchev–Trinajstić information content (AvgIpc) is 2.71. The van der Waals surface area contributed by atoms with Gasteiger partial charge in [-0.05, 0) is 50.0 Å². The van der Waals surface area contributed by atoms with Crippen LogP contribution in [0, 0.1) is 0 Å². The van der Waals surface area contributed by atoms with E-state index in [4.69, 9.17) is 10.2 Å². The van der Waals surface area contributed by atoms with Gasteiger partial charge in [0.05, 0.1) is 0 Å². The third-order valence-corrected chi connectivity index (χ3v) is 3.81. The second-order valence-corrected chi connectivity index (χ2v) is 6.13. The van der Waals surface area contributed by atoms with Gasteiger partial charge in [-0.3, -0.25) is 9.59 Å². The van der Waals surface area contributed by atoms with Crippen LogP contribution in [-0.4, -0.2) is 48.1 Å². The fraction of sp³-hybridized carbons (Fsp3) is 0.364. The molecule has 29 heavy (non-hydrogen) atoms. The number of carbonyl (C=O) groups excluding carboxylic acids is 2. The van der Waals surface area contributed by atoms with Crippen molar-refractivity contribution in [1.82, 2.24) is 10.6 Å². The van der Waals surface area contributed by atoms with Gasteiger partial charge in [-0.2, -0.15) is 0 Å². The molecular weight excluding hydrogens is 420 g/mol. The van der Waals surface area contributed by atoms with Crippen LogP contribution in [0.3, 0.4) is 0 Å². The Morgan fingerprint density at radius 2 is 1.03 bits per heavy atom. The van der Waals surface area contributed by atoms with E-state index in [1.54, 1.807) is 48.9 Å². The molecule has 0 bridgehead atoms. The van der Waals surface area contributed by atoms with Crippen molar-refractivity contribution in [2.45, 2.75) is 25.7 Å². The number of unbranched alkanes of at least 4 members (excludes halogenated alkanes) is 2. The minimum Gasteiger partial charge on any atom is -0.396 e. The van der Waals surface area contributed by atoms with Crippen LogP contribution in [0.4, 0.5) is 0 Å². The maximum absolute atomic E-state index is 11.2. The Balaban J connectivity index is 0.000000523. The molecule has 2 rings (SSSR count). The summed E-state index contributed by atoms with van der Waals surface area (Å²) in [5.74, 6) is 0.0596. The Morgan fingerprint density at radius 3 is 1.38 bits per heavy atom. The number of rotatable bonds is 10. The van der Waals surface area contributed by atoms with Gasteiger partial charge in [0.2, 0.25) is 0 Å². The molecule has 0 aliphatic heterocycles. The first-order chi connectivity index (χ1) is 13.7. The third kappa shape index (κ3) is 12.8. The molecule has 0 aromatic heterocycles. The predicted molar refractivity (Wildman–Crippen MR) is 111 cm³/mol. The van der Waals surface area contributed by atoms with Crippen molar-refractivity contribution < 1.29 is 36.9 Å². The minimum absolute atomic E-state index is 0. The number of aliphatic hydroxyl groups excluding tert-OH is 2. The summed E-state index contributed by atoms with van der Waals surface area (Å²) in [7, 11) is 0. The Kier molecular flexibility index (Phi) is 16.5. The molecule has 0 fully saturated rings. The van der Waals surface area contributed by atoms with E-state index in [1.165, 1.54) is 0 Å². The number of aliphatic hydroxyl groups is 2. The molecule has 0 saturated heterocycles. The Labute approximate surface area is 183 Å². The van der Waals surface area contributed by atoms with Crippen molar-refractivity contribution in [2.75, 3.05) is 26.3 Å². The van der Waals surface area contributed by atoms with Crippen molar-refractivity contribution in [2.24, 2.45) is 0 Å². The van der Waals surface area contributed by atoms with Gasteiger partial charge in [0.15, 0.2) is 11.6 Å². The molecule has 4 N–H and O–H groups in total. The van der Waals surface area contributed by atoms with Gasteiger partial charge in [-0.1, -0.05) is 24.3 Å². The van der Waals surface area contributed by atoms with Gasteiger partial charge < -0.3 is 20.8 Å². The Morgan fingerprint density at radius 1 is 0.655 bits per heavy atom. The van der Waals surface area contributed by atoms with E-state index >= 15 is 0 Å².